The van der Waals surface area contributed by atoms with Gasteiger partial charge < -0.3 is 10.2 Å². The summed E-state index contributed by atoms with van der Waals surface area (Å²) in [6.07, 6.45) is 1.73. The van der Waals surface area contributed by atoms with Gasteiger partial charge in [0.05, 0.1) is 5.56 Å². The molecule has 1 aromatic carbocycles. The SMILES string of the molecule is O=C(O)CCc1cnc(-c2ccccc2O)nc1Cl. The third kappa shape index (κ3) is 3.20. The van der Waals surface area contributed by atoms with Crippen molar-refractivity contribution in [3.63, 3.8) is 0 Å². The van der Waals surface area contributed by atoms with Gasteiger partial charge in [-0.1, -0.05) is 23.7 Å². The highest BCUT2D eigenvalue weighted by Gasteiger charge is 2.10. The Morgan fingerprint density at radius 2 is 2.05 bits per heavy atom. The number of carbonyl (C=O) groups is 1. The van der Waals surface area contributed by atoms with Crippen LogP contribution in [-0.4, -0.2) is 26.2 Å². The van der Waals surface area contributed by atoms with Crippen molar-refractivity contribution >= 4 is 17.6 Å². The van der Waals surface area contributed by atoms with E-state index in [-0.39, 0.29) is 23.7 Å². The minimum atomic E-state index is -0.902. The Kier molecular flexibility index (Phi) is 3.97. The third-order valence-electron chi connectivity index (χ3n) is 2.56. The van der Waals surface area contributed by atoms with Crippen LogP contribution in [0.3, 0.4) is 0 Å². The van der Waals surface area contributed by atoms with E-state index < -0.39 is 5.97 Å². The van der Waals surface area contributed by atoms with Crippen LogP contribution in [0.4, 0.5) is 0 Å². The zero-order chi connectivity index (χ0) is 13.8. The number of rotatable bonds is 4. The Morgan fingerprint density at radius 1 is 1.32 bits per heavy atom. The molecule has 0 unspecified atom stereocenters. The Labute approximate surface area is 114 Å². The van der Waals surface area contributed by atoms with Crippen molar-refractivity contribution in [1.29, 1.82) is 0 Å². The molecule has 0 atom stereocenters. The number of carboxylic acid groups (broad SMARTS) is 1. The summed E-state index contributed by atoms with van der Waals surface area (Å²) in [6.45, 7) is 0. The van der Waals surface area contributed by atoms with E-state index in [0.717, 1.165) is 0 Å². The van der Waals surface area contributed by atoms with E-state index in [1.807, 2.05) is 0 Å². The highest BCUT2D eigenvalue weighted by molar-refractivity contribution is 6.30. The number of aliphatic carboxylic acids is 1. The predicted octanol–water partition coefficient (Wildman–Crippen LogP) is 2.52. The smallest absolute Gasteiger partial charge is 0.303 e. The lowest BCUT2D eigenvalue weighted by molar-refractivity contribution is -0.136. The second-order valence-electron chi connectivity index (χ2n) is 3.92. The highest BCUT2D eigenvalue weighted by Crippen LogP contribution is 2.27. The molecular formula is C13H11ClN2O3. The van der Waals surface area contributed by atoms with E-state index in [9.17, 15) is 9.90 Å². The standard InChI is InChI=1S/C13H11ClN2O3/c14-12-8(5-6-11(18)19)7-15-13(16-12)9-3-1-2-4-10(9)17/h1-4,7,17H,5-6H2,(H,18,19). The van der Waals surface area contributed by atoms with Gasteiger partial charge in [0, 0.05) is 18.2 Å². The Morgan fingerprint density at radius 3 is 2.68 bits per heavy atom. The Balaban J connectivity index is 2.29. The molecule has 0 aliphatic carbocycles. The first-order valence-electron chi connectivity index (χ1n) is 5.59. The molecule has 0 aliphatic rings. The van der Waals surface area contributed by atoms with Crippen LogP contribution < -0.4 is 0 Å². The van der Waals surface area contributed by atoms with Gasteiger partial charge >= 0.3 is 5.97 Å². The number of nitrogens with zero attached hydrogens (tertiary/aromatic N) is 2. The molecule has 0 bridgehead atoms. The van der Waals surface area contributed by atoms with E-state index in [1.165, 1.54) is 12.3 Å². The maximum absolute atomic E-state index is 10.5. The summed E-state index contributed by atoms with van der Waals surface area (Å²) in [4.78, 5) is 18.7. The normalized spacial score (nSPS) is 10.4. The van der Waals surface area contributed by atoms with Crippen LogP contribution in [0.25, 0.3) is 11.4 Å². The molecule has 0 radical (unpaired) electrons. The van der Waals surface area contributed by atoms with Crippen LogP contribution in [0, 0.1) is 0 Å². The van der Waals surface area contributed by atoms with Crippen LogP contribution in [-0.2, 0) is 11.2 Å². The molecule has 5 nitrogen and oxygen atoms in total. The van der Waals surface area contributed by atoms with Crippen molar-refractivity contribution in [2.75, 3.05) is 0 Å². The number of aromatic hydroxyl groups is 1. The average Bonchev–Trinajstić information content (AvgIpc) is 2.37. The van der Waals surface area contributed by atoms with Crippen LogP contribution >= 0.6 is 11.6 Å². The predicted molar refractivity (Wildman–Crippen MR) is 70.1 cm³/mol. The van der Waals surface area contributed by atoms with E-state index in [1.54, 1.807) is 18.2 Å². The number of hydrogen-bond donors (Lipinski definition) is 2. The molecular weight excluding hydrogens is 268 g/mol. The largest absolute Gasteiger partial charge is 0.507 e. The molecule has 0 saturated heterocycles. The molecule has 2 aromatic rings. The molecule has 0 aliphatic heterocycles. The number of para-hydroxylation sites is 1. The minimum Gasteiger partial charge on any atom is -0.507 e. The van der Waals surface area contributed by atoms with Crippen molar-refractivity contribution < 1.29 is 15.0 Å². The van der Waals surface area contributed by atoms with Gasteiger partial charge in [-0.25, -0.2) is 9.97 Å². The number of aromatic nitrogens is 2. The fourth-order valence-corrected chi connectivity index (χ4v) is 1.81. The summed E-state index contributed by atoms with van der Waals surface area (Å²) in [5, 5.41) is 18.5. The molecule has 1 heterocycles. The quantitative estimate of drug-likeness (QED) is 0.840. The van der Waals surface area contributed by atoms with Crippen molar-refractivity contribution in [3.8, 4) is 17.1 Å². The molecule has 19 heavy (non-hydrogen) atoms. The maximum atomic E-state index is 10.5. The molecule has 2 rings (SSSR count). The van der Waals surface area contributed by atoms with Gasteiger partial charge in [-0.3, -0.25) is 4.79 Å². The zero-order valence-corrected chi connectivity index (χ0v) is 10.6. The van der Waals surface area contributed by atoms with Gasteiger partial charge in [0.1, 0.15) is 10.9 Å². The fourth-order valence-electron chi connectivity index (χ4n) is 1.59. The number of phenolic OH excluding ortho intramolecular Hbond substituents is 1. The van der Waals surface area contributed by atoms with E-state index in [2.05, 4.69) is 9.97 Å². The first-order chi connectivity index (χ1) is 9.08. The maximum Gasteiger partial charge on any atom is 0.303 e. The molecule has 0 amide bonds. The third-order valence-corrected chi connectivity index (χ3v) is 2.89. The molecule has 0 fully saturated rings. The van der Waals surface area contributed by atoms with E-state index in [0.29, 0.717) is 17.0 Å². The van der Waals surface area contributed by atoms with Gasteiger partial charge in [-0.15, -0.1) is 0 Å². The van der Waals surface area contributed by atoms with Crippen molar-refractivity contribution in [3.05, 3.63) is 41.2 Å². The minimum absolute atomic E-state index is 0.0288. The summed E-state index contributed by atoms with van der Waals surface area (Å²) in [5.74, 6) is -0.528. The van der Waals surface area contributed by atoms with Crippen molar-refractivity contribution in [2.45, 2.75) is 12.8 Å². The molecule has 98 valence electrons. The number of aryl methyl sites for hydroxylation is 1. The van der Waals surface area contributed by atoms with Crippen LogP contribution in [0.5, 0.6) is 5.75 Å². The lowest BCUT2D eigenvalue weighted by Gasteiger charge is -2.06. The number of benzene rings is 1. The number of halogens is 1. The van der Waals surface area contributed by atoms with Crippen molar-refractivity contribution in [1.82, 2.24) is 9.97 Å². The van der Waals surface area contributed by atoms with Crippen LogP contribution in [0.2, 0.25) is 5.15 Å². The van der Waals surface area contributed by atoms with E-state index >= 15 is 0 Å². The van der Waals surface area contributed by atoms with E-state index in [4.69, 9.17) is 16.7 Å². The second-order valence-corrected chi connectivity index (χ2v) is 4.28. The monoisotopic (exact) mass is 278 g/mol. The first kappa shape index (κ1) is 13.3. The molecule has 1 aromatic heterocycles. The van der Waals surface area contributed by atoms with Crippen LogP contribution in [0.15, 0.2) is 30.5 Å². The van der Waals surface area contributed by atoms with Gasteiger partial charge in [0.2, 0.25) is 0 Å². The summed E-state index contributed by atoms with van der Waals surface area (Å²) >= 11 is 5.99. The zero-order valence-electron chi connectivity index (χ0n) is 9.88. The molecule has 2 N–H and O–H groups in total. The highest BCUT2D eigenvalue weighted by atomic mass is 35.5. The second kappa shape index (κ2) is 5.67. The van der Waals surface area contributed by atoms with Gasteiger partial charge in [0.15, 0.2) is 5.82 Å². The Bertz CT molecular complexity index is 617. The molecule has 0 saturated carbocycles. The van der Waals surface area contributed by atoms with Crippen LogP contribution in [0.1, 0.15) is 12.0 Å². The summed E-state index contributed by atoms with van der Waals surface area (Å²) in [5.41, 5.74) is 1.05. The Hall–Kier alpha value is -2.14. The fraction of sp³-hybridized carbons (Fsp3) is 0.154. The first-order valence-corrected chi connectivity index (χ1v) is 5.97. The van der Waals surface area contributed by atoms with Gasteiger partial charge in [0.25, 0.3) is 0 Å². The number of carboxylic acids is 1. The lowest BCUT2D eigenvalue weighted by atomic mass is 10.1. The van der Waals surface area contributed by atoms with Gasteiger partial charge in [-0.05, 0) is 18.6 Å². The molecule has 6 heteroatoms. The molecule has 0 spiro atoms. The average molecular weight is 279 g/mol. The lowest BCUT2D eigenvalue weighted by Crippen LogP contribution is -2.00. The summed E-state index contributed by atoms with van der Waals surface area (Å²) in [6, 6.07) is 6.66. The number of phenols is 1. The topological polar surface area (TPSA) is 83.3 Å². The summed E-state index contributed by atoms with van der Waals surface area (Å²) < 4.78 is 0. The number of hydrogen-bond acceptors (Lipinski definition) is 4. The summed E-state index contributed by atoms with van der Waals surface area (Å²) in [7, 11) is 0. The van der Waals surface area contributed by atoms with Crippen molar-refractivity contribution in [2.24, 2.45) is 0 Å². The van der Waals surface area contributed by atoms with Gasteiger partial charge in [-0.2, -0.15) is 0 Å².